The second-order valence-electron chi connectivity index (χ2n) is 5.07. The van der Waals surface area contributed by atoms with Crippen molar-refractivity contribution in [2.45, 2.75) is 6.42 Å². The average molecular weight is 262 g/mol. The van der Waals surface area contributed by atoms with Gasteiger partial charge in [0, 0.05) is 44.2 Å². The maximum Gasteiger partial charge on any atom is 0.0642 e. The number of hydrogen-bond acceptors (Lipinski definition) is 4. The first kappa shape index (κ1) is 12.8. The van der Waals surface area contributed by atoms with Gasteiger partial charge in [0.1, 0.15) is 0 Å². The van der Waals surface area contributed by atoms with E-state index in [1.807, 2.05) is 0 Å². The Labute approximate surface area is 114 Å². The van der Waals surface area contributed by atoms with E-state index >= 15 is 0 Å². The lowest BCUT2D eigenvalue weighted by atomic mass is 10.2. The molecule has 0 saturated carbocycles. The Bertz CT molecular complexity index is 397. The molecule has 0 amide bonds. The van der Waals surface area contributed by atoms with Crippen LogP contribution in [0.5, 0.6) is 0 Å². The third-order valence-corrected chi connectivity index (χ3v) is 3.79. The summed E-state index contributed by atoms with van der Waals surface area (Å²) in [5.41, 5.74) is 2.63. The van der Waals surface area contributed by atoms with Gasteiger partial charge in [-0.1, -0.05) is 6.07 Å². The molecule has 0 radical (unpaired) electrons. The molecule has 2 saturated heterocycles. The van der Waals surface area contributed by atoms with Crippen LogP contribution in [0.25, 0.3) is 0 Å². The minimum absolute atomic E-state index is 0.835. The number of hydrogen-bond donors (Lipinski definition) is 0. The van der Waals surface area contributed by atoms with Gasteiger partial charge in [-0.3, -0.25) is 0 Å². The number of morpholine rings is 1. The molecule has 2 fully saturated rings. The minimum atomic E-state index is 0.835. The van der Waals surface area contributed by atoms with Gasteiger partial charge < -0.3 is 19.3 Å². The molecule has 2 heterocycles. The van der Waals surface area contributed by atoms with E-state index in [9.17, 15) is 0 Å². The van der Waals surface area contributed by atoms with Crippen molar-refractivity contribution in [3.05, 3.63) is 24.3 Å². The van der Waals surface area contributed by atoms with Crippen molar-refractivity contribution in [3.63, 3.8) is 0 Å². The van der Waals surface area contributed by atoms with Crippen LogP contribution in [-0.2, 0) is 9.47 Å². The zero-order chi connectivity index (χ0) is 12.9. The van der Waals surface area contributed by atoms with Gasteiger partial charge in [-0.25, -0.2) is 0 Å². The summed E-state index contributed by atoms with van der Waals surface area (Å²) in [5, 5.41) is 0. The quantitative estimate of drug-likeness (QED) is 0.810. The molecule has 0 spiro atoms. The summed E-state index contributed by atoms with van der Waals surface area (Å²) >= 11 is 0. The standard InChI is InChI=1S/C15H22N2O2/c1-3-14(16-5-2-9-18-10-6-16)13-15(4-1)17-7-11-19-12-8-17/h1,3-4,13H,2,5-12H2. The lowest BCUT2D eigenvalue weighted by molar-refractivity contribution is 0.122. The van der Waals surface area contributed by atoms with E-state index in [-0.39, 0.29) is 0 Å². The largest absolute Gasteiger partial charge is 0.380 e. The monoisotopic (exact) mass is 262 g/mol. The van der Waals surface area contributed by atoms with E-state index in [2.05, 4.69) is 34.1 Å². The van der Waals surface area contributed by atoms with Crippen molar-refractivity contribution in [2.75, 3.05) is 62.4 Å². The summed E-state index contributed by atoms with van der Waals surface area (Å²) < 4.78 is 10.9. The van der Waals surface area contributed by atoms with Crippen molar-refractivity contribution >= 4 is 11.4 Å². The topological polar surface area (TPSA) is 24.9 Å². The summed E-state index contributed by atoms with van der Waals surface area (Å²) in [4.78, 5) is 4.83. The highest BCUT2D eigenvalue weighted by atomic mass is 16.5. The summed E-state index contributed by atoms with van der Waals surface area (Å²) in [6.07, 6.45) is 1.11. The van der Waals surface area contributed by atoms with Gasteiger partial charge in [0.05, 0.1) is 19.8 Å². The maximum absolute atomic E-state index is 5.52. The summed E-state index contributed by atoms with van der Waals surface area (Å²) in [7, 11) is 0. The van der Waals surface area contributed by atoms with E-state index in [4.69, 9.17) is 9.47 Å². The van der Waals surface area contributed by atoms with Gasteiger partial charge in [0.2, 0.25) is 0 Å². The first-order valence-electron chi connectivity index (χ1n) is 7.19. The maximum atomic E-state index is 5.52. The summed E-state index contributed by atoms with van der Waals surface area (Å²) in [6, 6.07) is 8.86. The zero-order valence-corrected chi connectivity index (χ0v) is 11.4. The Morgan fingerprint density at radius 1 is 0.737 bits per heavy atom. The molecule has 19 heavy (non-hydrogen) atoms. The summed E-state index contributed by atoms with van der Waals surface area (Å²) in [5.74, 6) is 0. The van der Waals surface area contributed by atoms with Gasteiger partial charge in [0.15, 0.2) is 0 Å². The minimum Gasteiger partial charge on any atom is -0.380 e. The molecule has 2 aliphatic rings. The second kappa shape index (κ2) is 6.26. The van der Waals surface area contributed by atoms with Crippen molar-refractivity contribution in [1.82, 2.24) is 0 Å². The van der Waals surface area contributed by atoms with Gasteiger partial charge in [-0.05, 0) is 24.6 Å². The van der Waals surface area contributed by atoms with Gasteiger partial charge >= 0.3 is 0 Å². The Balaban J connectivity index is 1.74. The molecule has 0 N–H and O–H groups in total. The van der Waals surface area contributed by atoms with Gasteiger partial charge in [0.25, 0.3) is 0 Å². The molecule has 4 heteroatoms. The predicted octanol–water partition coefficient (Wildman–Crippen LogP) is 1.75. The fourth-order valence-corrected chi connectivity index (χ4v) is 2.71. The first-order valence-corrected chi connectivity index (χ1v) is 7.19. The normalized spacial score (nSPS) is 21.3. The molecule has 104 valence electrons. The van der Waals surface area contributed by atoms with Crippen molar-refractivity contribution < 1.29 is 9.47 Å². The summed E-state index contributed by atoms with van der Waals surface area (Å²) in [6.45, 7) is 7.46. The fraction of sp³-hybridized carbons (Fsp3) is 0.600. The van der Waals surface area contributed by atoms with E-state index in [1.165, 1.54) is 11.4 Å². The van der Waals surface area contributed by atoms with E-state index in [0.717, 1.165) is 59.0 Å². The van der Waals surface area contributed by atoms with Crippen LogP contribution < -0.4 is 9.80 Å². The van der Waals surface area contributed by atoms with Crippen LogP contribution in [0.1, 0.15) is 6.42 Å². The van der Waals surface area contributed by atoms with Crippen LogP contribution in [0, 0.1) is 0 Å². The van der Waals surface area contributed by atoms with Crippen molar-refractivity contribution in [2.24, 2.45) is 0 Å². The molecule has 0 bridgehead atoms. The molecule has 4 nitrogen and oxygen atoms in total. The van der Waals surface area contributed by atoms with Crippen LogP contribution in [0.3, 0.4) is 0 Å². The van der Waals surface area contributed by atoms with Gasteiger partial charge in [-0.15, -0.1) is 0 Å². The molecular formula is C15H22N2O2. The molecule has 1 aromatic carbocycles. The molecule has 0 aliphatic carbocycles. The van der Waals surface area contributed by atoms with Crippen LogP contribution >= 0.6 is 0 Å². The molecule has 3 rings (SSSR count). The number of anilines is 2. The smallest absolute Gasteiger partial charge is 0.0642 e. The van der Waals surface area contributed by atoms with Crippen molar-refractivity contribution in [3.8, 4) is 0 Å². The third kappa shape index (κ3) is 3.19. The van der Waals surface area contributed by atoms with Crippen LogP contribution in [-0.4, -0.2) is 52.6 Å². The second-order valence-corrected chi connectivity index (χ2v) is 5.07. The van der Waals surface area contributed by atoms with Gasteiger partial charge in [-0.2, -0.15) is 0 Å². The zero-order valence-electron chi connectivity index (χ0n) is 11.4. The van der Waals surface area contributed by atoms with Crippen LogP contribution in [0.2, 0.25) is 0 Å². The number of rotatable bonds is 2. The van der Waals surface area contributed by atoms with E-state index < -0.39 is 0 Å². The molecule has 1 aromatic rings. The van der Waals surface area contributed by atoms with E-state index in [0.29, 0.717) is 0 Å². The number of nitrogens with zero attached hydrogens (tertiary/aromatic N) is 2. The van der Waals surface area contributed by atoms with Crippen molar-refractivity contribution in [1.29, 1.82) is 0 Å². The Hall–Kier alpha value is -1.26. The molecular weight excluding hydrogens is 240 g/mol. The Morgan fingerprint density at radius 3 is 2.00 bits per heavy atom. The predicted molar refractivity (Wildman–Crippen MR) is 77.1 cm³/mol. The average Bonchev–Trinajstić information content (AvgIpc) is 2.77. The lowest BCUT2D eigenvalue weighted by Crippen LogP contribution is -2.36. The Kier molecular flexibility index (Phi) is 4.20. The van der Waals surface area contributed by atoms with E-state index in [1.54, 1.807) is 0 Å². The highest BCUT2D eigenvalue weighted by Crippen LogP contribution is 2.24. The molecule has 0 unspecified atom stereocenters. The third-order valence-electron chi connectivity index (χ3n) is 3.79. The SMILES string of the molecule is c1cc(N2CCCOCC2)cc(N2CCOCC2)c1. The number of ether oxygens (including phenoxy) is 2. The fourth-order valence-electron chi connectivity index (χ4n) is 2.71. The van der Waals surface area contributed by atoms with Crippen LogP contribution in [0.4, 0.5) is 11.4 Å². The number of benzene rings is 1. The Morgan fingerprint density at radius 2 is 1.32 bits per heavy atom. The highest BCUT2D eigenvalue weighted by Gasteiger charge is 2.14. The molecule has 0 aromatic heterocycles. The highest BCUT2D eigenvalue weighted by molar-refractivity contribution is 5.59. The molecule has 0 atom stereocenters. The van der Waals surface area contributed by atoms with Crippen LogP contribution in [0.15, 0.2) is 24.3 Å². The first-order chi connectivity index (χ1) is 9.43. The molecule has 2 aliphatic heterocycles. The lowest BCUT2D eigenvalue weighted by Gasteiger charge is -2.30.